The Hall–Kier alpha value is -1.70. The van der Waals surface area contributed by atoms with Gasteiger partial charge in [0.1, 0.15) is 11.6 Å². The molecular weight excluding hydrogens is 345 g/mol. The van der Waals surface area contributed by atoms with Crippen molar-refractivity contribution in [2.75, 3.05) is 18.4 Å². The van der Waals surface area contributed by atoms with Crippen molar-refractivity contribution in [3.63, 3.8) is 0 Å². The molecule has 0 saturated carbocycles. The molecule has 0 heterocycles. The van der Waals surface area contributed by atoms with Gasteiger partial charge in [-0.25, -0.2) is 0 Å². The molecule has 1 aromatic rings. The third kappa shape index (κ3) is 6.82. The average Bonchev–Trinajstić information content (AvgIpc) is 2.57. The van der Waals surface area contributed by atoms with E-state index < -0.39 is 5.91 Å². The van der Waals surface area contributed by atoms with Crippen molar-refractivity contribution in [3.05, 3.63) is 40.0 Å². The maximum Gasteiger partial charge on any atom is 0.267 e. The molecule has 0 aliphatic heterocycles. The van der Waals surface area contributed by atoms with Crippen molar-refractivity contribution in [3.8, 4) is 6.07 Å². The van der Waals surface area contributed by atoms with Gasteiger partial charge in [0.2, 0.25) is 0 Å². The zero-order chi connectivity index (χ0) is 17.9. The van der Waals surface area contributed by atoms with Crippen molar-refractivity contribution in [2.45, 2.75) is 39.5 Å². The highest BCUT2D eigenvalue weighted by Gasteiger charge is 2.13. The molecule has 0 aromatic heterocycles. The van der Waals surface area contributed by atoms with Gasteiger partial charge in [0.05, 0.1) is 10.7 Å². The number of hydrogen-bond donors (Lipinski definition) is 1. The van der Waals surface area contributed by atoms with Gasteiger partial charge in [0.15, 0.2) is 0 Å². The number of hydrogen-bond acceptors (Lipinski definition) is 3. The van der Waals surface area contributed by atoms with E-state index in [1.165, 1.54) is 0 Å². The summed E-state index contributed by atoms with van der Waals surface area (Å²) >= 11 is 12.0. The largest absolute Gasteiger partial charge is 0.376 e. The van der Waals surface area contributed by atoms with Gasteiger partial charge in [0, 0.05) is 24.3 Å². The average molecular weight is 368 g/mol. The smallest absolute Gasteiger partial charge is 0.267 e. The maximum atomic E-state index is 12.4. The molecule has 1 rings (SSSR count). The Morgan fingerprint density at radius 2 is 1.88 bits per heavy atom. The number of nitrogens with zero attached hydrogens (tertiary/aromatic N) is 2. The minimum atomic E-state index is -0.486. The van der Waals surface area contributed by atoms with E-state index in [1.807, 2.05) is 11.0 Å². The van der Waals surface area contributed by atoms with Gasteiger partial charge in [-0.1, -0.05) is 49.9 Å². The van der Waals surface area contributed by atoms with E-state index >= 15 is 0 Å². The maximum absolute atomic E-state index is 12.4. The first-order valence-electron chi connectivity index (χ1n) is 8.14. The Kier molecular flexibility index (Phi) is 9.29. The zero-order valence-corrected chi connectivity index (χ0v) is 15.6. The molecule has 4 nitrogen and oxygen atoms in total. The summed E-state index contributed by atoms with van der Waals surface area (Å²) in [5.41, 5.74) is 0.447. The Morgan fingerprint density at radius 3 is 2.42 bits per heavy atom. The van der Waals surface area contributed by atoms with Crippen LogP contribution in [0.15, 0.2) is 30.0 Å². The third-order valence-electron chi connectivity index (χ3n) is 3.45. The lowest BCUT2D eigenvalue weighted by Gasteiger charge is -2.20. The summed E-state index contributed by atoms with van der Waals surface area (Å²) < 4.78 is 0. The van der Waals surface area contributed by atoms with Crippen LogP contribution in [-0.2, 0) is 4.79 Å². The zero-order valence-electron chi connectivity index (χ0n) is 14.1. The molecule has 1 aromatic carbocycles. The fourth-order valence-electron chi connectivity index (χ4n) is 2.07. The molecule has 0 aliphatic rings. The van der Waals surface area contributed by atoms with Crippen LogP contribution < -0.4 is 5.32 Å². The fourth-order valence-corrected chi connectivity index (χ4v) is 2.40. The Balaban J connectivity index is 2.89. The lowest BCUT2D eigenvalue weighted by molar-refractivity contribution is -0.112. The minimum absolute atomic E-state index is 0.0539. The highest BCUT2D eigenvalue weighted by atomic mass is 35.5. The molecule has 0 radical (unpaired) electrons. The van der Waals surface area contributed by atoms with Gasteiger partial charge >= 0.3 is 0 Å². The van der Waals surface area contributed by atoms with Gasteiger partial charge in [-0.15, -0.1) is 0 Å². The molecule has 0 bridgehead atoms. The van der Waals surface area contributed by atoms with E-state index in [0.29, 0.717) is 15.7 Å². The predicted octanol–water partition coefficient (Wildman–Crippen LogP) is 5.24. The second-order valence-corrected chi connectivity index (χ2v) is 6.32. The number of amides is 1. The number of nitrogens with one attached hydrogen (secondary N) is 1. The molecular formula is C18H23Cl2N3O. The van der Waals surface area contributed by atoms with Crippen molar-refractivity contribution in [1.82, 2.24) is 4.90 Å². The van der Waals surface area contributed by atoms with E-state index in [4.69, 9.17) is 23.2 Å². The van der Waals surface area contributed by atoms with E-state index in [9.17, 15) is 10.1 Å². The second kappa shape index (κ2) is 11.0. The monoisotopic (exact) mass is 367 g/mol. The minimum Gasteiger partial charge on any atom is -0.376 e. The van der Waals surface area contributed by atoms with Crippen LogP contribution in [0, 0.1) is 11.3 Å². The van der Waals surface area contributed by atoms with Gasteiger partial charge in [-0.3, -0.25) is 4.79 Å². The summed E-state index contributed by atoms with van der Waals surface area (Å²) in [6, 6.07) is 6.77. The summed E-state index contributed by atoms with van der Waals surface area (Å²) in [4.78, 5) is 14.4. The van der Waals surface area contributed by atoms with E-state index in [2.05, 4.69) is 19.2 Å². The number of rotatable bonds is 9. The van der Waals surface area contributed by atoms with Gasteiger partial charge in [-0.05, 0) is 31.0 Å². The number of carbonyl (C=O) groups is 1. The molecule has 1 N–H and O–H groups in total. The van der Waals surface area contributed by atoms with Crippen LogP contribution in [-0.4, -0.2) is 23.9 Å². The normalized spacial score (nSPS) is 11.0. The lowest BCUT2D eigenvalue weighted by Crippen LogP contribution is -2.23. The van der Waals surface area contributed by atoms with Crippen molar-refractivity contribution < 1.29 is 4.79 Å². The quantitative estimate of drug-likeness (QED) is 0.479. The molecule has 24 heavy (non-hydrogen) atoms. The highest BCUT2D eigenvalue weighted by molar-refractivity contribution is 6.35. The summed E-state index contributed by atoms with van der Waals surface area (Å²) in [7, 11) is 0. The van der Waals surface area contributed by atoms with Crippen LogP contribution in [0.1, 0.15) is 39.5 Å². The van der Waals surface area contributed by atoms with Gasteiger partial charge in [-0.2, -0.15) is 5.26 Å². The van der Waals surface area contributed by atoms with Crippen molar-refractivity contribution >= 4 is 34.8 Å². The number of nitriles is 1. The van der Waals surface area contributed by atoms with Crippen LogP contribution in [0.25, 0.3) is 0 Å². The van der Waals surface area contributed by atoms with Crippen LogP contribution in [0.3, 0.4) is 0 Å². The summed E-state index contributed by atoms with van der Waals surface area (Å²) in [6.45, 7) is 5.88. The molecule has 1 amide bonds. The second-order valence-electron chi connectivity index (χ2n) is 5.48. The van der Waals surface area contributed by atoms with Crippen molar-refractivity contribution in [2.24, 2.45) is 0 Å². The number of carbonyl (C=O) groups excluding carboxylic acids is 1. The van der Waals surface area contributed by atoms with Gasteiger partial charge in [0.25, 0.3) is 5.91 Å². The molecule has 0 saturated heterocycles. The summed E-state index contributed by atoms with van der Waals surface area (Å²) in [5.74, 6) is -0.486. The summed E-state index contributed by atoms with van der Waals surface area (Å²) in [6.07, 6.45) is 5.78. The fraction of sp³-hybridized carbons (Fsp3) is 0.444. The highest BCUT2D eigenvalue weighted by Crippen LogP contribution is 2.25. The van der Waals surface area contributed by atoms with Crippen molar-refractivity contribution in [1.29, 1.82) is 5.26 Å². The standard InChI is InChI=1S/C18H23Cl2N3O/c1-3-5-9-23(10-6-4-2)13-14(12-21)18(24)22-17-11-15(19)7-8-16(17)20/h7-8,11,13H,3-6,9-10H2,1-2H3,(H,22,24)/b14-13-. The number of benzene rings is 1. The molecule has 0 fully saturated rings. The third-order valence-corrected chi connectivity index (χ3v) is 4.02. The Morgan fingerprint density at radius 1 is 1.25 bits per heavy atom. The first kappa shape index (κ1) is 20.3. The van der Waals surface area contributed by atoms with E-state index in [-0.39, 0.29) is 5.57 Å². The first-order chi connectivity index (χ1) is 11.5. The number of anilines is 1. The predicted molar refractivity (Wildman–Crippen MR) is 100 cm³/mol. The van der Waals surface area contributed by atoms with Gasteiger partial charge < -0.3 is 10.2 Å². The topological polar surface area (TPSA) is 56.1 Å². The van der Waals surface area contributed by atoms with Crippen LogP contribution in [0.4, 0.5) is 5.69 Å². The van der Waals surface area contributed by atoms with Crippen LogP contribution in [0.5, 0.6) is 0 Å². The number of unbranched alkanes of at least 4 members (excludes halogenated alkanes) is 2. The van der Waals surface area contributed by atoms with E-state index in [0.717, 1.165) is 38.8 Å². The molecule has 0 unspecified atom stereocenters. The molecule has 0 aliphatic carbocycles. The summed E-state index contributed by atoms with van der Waals surface area (Å²) in [5, 5.41) is 12.8. The first-order valence-corrected chi connectivity index (χ1v) is 8.89. The lowest BCUT2D eigenvalue weighted by atomic mass is 10.2. The number of halogens is 2. The van der Waals surface area contributed by atoms with Crippen LogP contribution in [0.2, 0.25) is 10.0 Å². The SMILES string of the molecule is CCCCN(/C=C(/C#N)C(=O)Nc1cc(Cl)ccc1Cl)CCCC. The molecule has 130 valence electrons. The Bertz CT molecular complexity index is 615. The molecule has 0 atom stereocenters. The Labute approximate surface area is 154 Å². The van der Waals surface area contributed by atoms with Crippen LogP contribution >= 0.6 is 23.2 Å². The van der Waals surface area contributed by atoms with E-state index in [1.54, 1.807) is 24.4 Å². The molecule has 0 spiro atoms. The molecule has 6 heteroatoms.